The van der Waals surface area contributed by atoms with Crippen molar-refractivity contribution in [1.29, 1.82) is 0 Å². The maximum Gasteiger partial charge on any atom is 0.224 e. The van der Waals surface area contributed by atoms with Crippen LogP contribution in [0, 0.1) is 11.8 Å². The van der Waals surface area contributed by atoms with Crippen molar-refractivity contribution < 1.29 is 14.3 Å². The molecule has 1 aliphatic heterocycles. The molecule has 3 atom stereocenters. The van der Waals surface area contributed by atoms with Gasteiger partial charge in [-0.15, -0.1) is 0 Å². The molecule has 1 saturated heterocycles. The van der Waals surface area contributed by atoms with E-state index in [0.717, 1.165) is 25.9 Å². The van der Waals surface area contributed by atoms with Crippen LogP contribution in [0.1, 0.15) is 51.4 Å². The number of allylic oxidation sites excluding steroid dienone is 1. The minimum atomic E-state index is -0.134. The minimum absolute atomic E-state index is 0.00985. The van der Waals surface area contributed by atoms with Gasteiger partial charge in [-0.1, -0.05) is 11.6 Å². The number of carbonyl (C=O) groups excluding carboxylic acids is 2. The molecule has 0 radical (unpaired) electrons. The zero-order valence-corrected chi connectivity index (χ0v) is 13.8. The molecule has 3 rings (SSSR count). The molecule has 2 N–H and O–H groups in total. The van der Waals surface area contributed by atoms with Gasteiger partial charge in [0.05, 0.1) is 17.9 Å². The second-order valence-electron chi connectivity index (χ2n) is 6.98. The van der Waals surface area contributed by atoms with E-state index in [1.807, 2.05) is 0 Å². The first kappa shape index (κ1) is 16.5. The van der Waals surface area contributed by atoms with E-state index in [-0.39, 0.29) is 29.8 Å². The van der Waals surface area contributed by atoms with E-state index >= 15 is 0 Å². The molecular weight excluding hydrogens is 292 g/mol. The van der Waals surface area contributed by atoms with Crippen molar-refractivity contribution in [1.82, 2.24) is 10.6 Å². The predicted molar refractivity (Wildman–Crippen MR) is 87.8 cm³/mol. The van der Waals surface area contributed by atoms with Crippen LogP contribution in [0.4, 0.5) is 0 Å². The molecule has 0 aromatic heterocycles. The molecule has 128 valence electrons. The average molecular weight is 320 g/mol. The van der Waals surface area contributed by atoms with Gasteiger partial charge in [0.2, 0.25) is 11.8 Å². The van der Waals surface area contributed by atoms with Crippen molar-refractivity contribution in [3.63, 3.8) is 0 Å². The smallest absolute Gasteiger partial charge is 0.224 e. The third kappa shape index (κ3) is 4.80. The van der Waals surface area contributed by atoms with Crippen molar-refractivity contribution in [2.75, 3.05) is 19.7 Å². The summed E-state index contributed by atoms with van der Waals surface area (Å²) in [5, 5.41) is 5.92. The highest BCUT2D eigenvalue weighted by molar-refractivity contribution is 5.92. The van der Waals surface area contributed by atoms with Crippen LogP contribution >= 0.6 is 0 Å². The second kappa shape index (κ2) is 7.95. The molecule has 1 heterocycles. The Morgan fingerprint density at radius 3 is 2.65 bits per heavy atom. The number of hydrogen-bond acceptors (Lipinski definition) is 3. The van der Waals surface area contributed by atoms with E-state index in [0.29, 0.717) is 19.5 Å². The van der Waals surface area contributed by atoms with E-state index in [1.54, 1.807) is 0 Å². The van der Waals surface area contributed by atoms with Gasteiger partial charge in [-0.3, -0.25) is 9.59 Å². The SMILES string of the molecule is O=C(NCCC1=CCCCC1)C1CC1C(=O)NCC1CCCO1. The summed E-state index contributed by atoms with van der Waals surface area (Å²) in [6.45, 7) is 2.08. The first-order valence-electron chi connectivity index (χ1n) is 9.09. The van der Waals surface area contributed by atoms with Crippen LogP contribution in [0.25, 0.3) is 0 Å². The Balaban J connectivity index is 1.30. The Kier molecular flexibility index (Phi) is 5.70. The van der Waals surface area contributed by atoms with Crippen molar-refractivity contribution in [3.8, 4) is 0 Å². The van der Waals surface area contributed by atoms with Crippen LogP contribution in [-0.2, 0) is 14.3 Å². The van der Waals surface area contributed by atoms with Crippen molar-refractivity contribution in [2.24, 2.45) is 11.8 Å². The summed E-state index contributed by atoms with van der Waals surface area (Å²) in [5.41, 5.74) is 1.47. The van der Waals surface area contributed by atoms with Crippen LogP contribution in [0.2, 0.25) is 0 Å². The lowest BCUT2D eigenvalue weighted by molar-refractivity contribution is -0.127. The standard InChI is InChI=1S/C18H28N2O3/c21-17(19-9-8-13-5-2-1-3-6-13)15-11-16(15)18(22)20-12-14-7-4-10-23-14/h5,14-16H,1-4,6-12H2,(H,19,21)(H,20,22). The molecule has 0 aromatic rings. The maximum absolute atomic E-state index is 12.1. The molecule has 2 aliphatic carbocycles. The van der Waals surface area contributed by atoms with Crippen LogP contribution < -0.4 is 10.6 Å². The monoisotopic (exact) mass is 320 g/mol. The fourth-order valence-electron chi connectivity index (χ4n) is 3.53. The number of hydrogen-bond donors (Lipinski definition) is 2. The minimum Gasteiger partial charge on any atom is -0.376 e. The third-order valence-electron chi connectivity index (χ3n) is 5.12. The number of ether oxygens (including phenoxy) is 1. The summed E-state index contributed by atoms with van der Waals surface area (Å²) < 4.78 is 5.49. The Morgan fingerprint density at radius 2 is 1.96 bits per heavy atom. The first-order valence-corrected chi connectivity index (χ1v) is 9.09. The Morgan fingerprint density at radius 1 is 1.13 bits per heavy atom. The summed E-state index contributed by atoms with van der Waals surface area (Å²) in [6.07, 6.45) is 11.1. The first-order chi connectivity index (χ1) is 11.2. The van der Waals surface area contributed by atoms with Crippen LogP contribution in [-0.4, -0.2) is 37.6 Å². The second-order valence-corrected chi connectivity index (χ2v) is 6.98. The van der Waals surface area contributed by atoms with E-state index in [2.05, 4.69) is 16.7 Å². The number of amides is 2. The fourth-order valence-corrected chi connectivity index (χ4v) is 3.53. The Hall–Kier alpha value is -1.36. The van der Waals surface area contributed by atoms with Crippen molar-refractivity contribution in [3.05, 3.63) is 11.6 Å². The third-order valence-corrected chi connectivity index (χ3v) is 5.12. The molecule has 2 fully saturated rings. The Labute approximate surface area is 138 Å². The Bertz CT molecular complexity index is 469. The zero-order valence-electron chi connectivity index (χ0n) is 13.8. The molecule has 3 aliphatic rings. The van der Waals surface area contributed by atoms with Gasteiger partial charge in [-0.2, -0.15) is 0 Å². The van der Waals surface area contributed by atoms with E-state index in [1.165, 1.54) is 31.3 Å². The van der Waals surface area contributed by atoms with Gasteiger partial charge in [0.25, 0.3) is 0 Å². The lowest BCUT2D eigenvalue weighted by Crippen LogP contribution is -2.34. The van der Waals surface area contributed by atoms with Gasteiger partial charge in [-0.05, 0) is 51.4 Å². The molecule has 0 bridgehead atoms. The van der Waals surface area contributed by atoms with Crippen LogP contribution in [0.15, 0.2) is 11.6 Å². The normalized spacial score (nSPS) is 29.7. The maximum atomic E-state index is 12.1. The lowest BCUT2D eigenvalue weighted by atomic mass is 9.97. The van der Waals surface area contributed by atoms with Gasteiger partial charge >= 0.3 is 0 Å². The summed E-state index contributed by atoms with van der Waals surface area (Å²) in [4.78, 5) is 24.1. The zero-order chi connectivity index (χ0) is 16.1. The molecule has 23 heavy (non-hydrogen) atoms. The van der Waals surface area contributed by atoms with Gasteiger partial charge < -0.3 is 15.4 Å². The molecule has 5 nitrogen and oxygen atoms in total. The molecule has 3 unspecified atom stereocenters. The lowest BCUT2D eigenvalue weighted by Gasteiger charge is -2.13. The largest absolute Gasteiger partial charge is 0.376 e. The highest BCUT2D eigenvalue weighted by Gasteiger charge is 2.47. The number of rotatable bonds is 7. The summed E-state index contributed by atoms with van der Waals surface area (Å²) in [7, 11) is 0. The van der Waals surface area contributed by atoms with Crippen LogP contribution in [0.5, 0.6) is 0 Å². The van der Waals surface area contributed by atoms with E-state index < -0.39 is 0 Å². The van der Waals surface area contributed by atoms with Crippen molar-refractivity contribution in [2.45, 2.75) is 57.5 Å². The quantitative estimate of drug-likeness (QED) is 0.704. The molecule has 5 heteroatoms. The van der Waals surface area contributed by atoms with Crippen LogP contribution in [0.3, 0.4) is 0 Å². The van der Waals surface area contributed by atoms with Crippen molar-refractivity contribution >= 4 is 11.8 Å². The summed E-state index contributed by atoms with van der Waals surface area (Å²) >= 11 is 0. The molecule has 2 amide bonds. The highest BCUT2D eigenvalue weighted by Crippen LogP contribution is 2.38. The highest BCUT2D eigenvalue weighted by atomic mass is 16.5. The van der Waals surface area contributed by atoms with Gasteiger partial charge in [0.1, 0.15) is 0 Å². The summed E-state index contributed by atoms with van der Waals surface area (Å²) in [6, 6.07) is 0. The molecule has 0 aromatic carbocycles. The van der Waals surface area contributed by atoms with Gasteiger partial charge in [0, 0.05) is 19.7 Å². The van der Waals surface area contributed by atoms with Gasteiger partial charge in [0.15, 0.2) is 0 Å². The fraction of sp³-hybridized carbons (Fsp3) is 0.778. The van der Waals surface area contributed by atoms with Gasteiger partial charge in [-0.25, -0.2) is 0 Å². The number of carbonyl (C=O) groups is 2. The van der Waals surface area contributed by atoms with E-state index in [9.17, 15) is 9.59 Å². The summed E-state index contributed by atoms with van der Waals surface area (Å²) in [5.74, 6) is -0.209. The predicted octanol–water partition coefficient (Wildman–Crippen LogP) is 1.92. The molecule has 0 spiro atoms. The number of nitrogens with one attached hydrogen (secondary N) is 2. The average Bonchev–Trinajstić information content (AvgIpc) is 3.21. The molecule has 1 saturated carbocycles. The van der Waals surface area contributed by atoms with E-state index in [4.69, 9.17) is 4.74 Å². The topological polar surface area (TPSA) is 67.4 Å². The molecular formula is C18H28N2O3.